The molecule has 2 N–H and O–H groups in total. The van der Waals surface area contributed by atoms with Crippen molar-refractivity contribution in [1.82, 2.24) is 0 Å². The van der Waals surface area contributed by atoms with Gasteiger partial charge in [-0.25, -0.2) is 0 Å². The SMILES string of the molecule is C[Si]1(N)CCC1. The average molecular weight is 101 g/mol. The van der Waals surface area contributed by atoms with E-state index < -0.39 is 8.24 Å². The van der Waals surface area contributed by atoms with Gasteiger partial charge in [0.2, 0.25) is 0 Å². The molecular formula is C4H11NSi. The fraction of sp³-hybridized carbons (Fsp3) is 1.00. The molecule has 2 heteroatoms. The maximum Gasteiger partial charge on any atom is 0.119 e. The molecule has 1 nitrogen and oxygen atoms in total. The molecule has 0 amide bonds. The molecule has 1 aliphatic heterocycles. The highest BCUT2D eigenvalue weighted by molar-refractivity contribution is 6.78. The van der Waals surface area contributed by atoms with E-state index in [-0.39, 0.29) is 0 Å². The molecule has 0 radical (unpaired) electrons. The van der Waals surface area contributed by atoms with Crippen LogP contribution in [0.25, 0.3) is 0 Å². The molecule has 0 aromatic heterocycles. The smallest absolute Gasteiger partial charge is 0.119 e. The van der Waals surface area contributed by atoms with Crippen molar-refractivity contribution in [3.05, 3.63) is 0 Å². The molecule has 0 spiro atoms. The highest BCUT2D eigenvalue weighted by Crippen LogP contribution is 2.25. The predicted molar refractivity (Wildman–Crippen MR) is 30.0 cm³/mol. The van der Waals surface area contributed by atoms with Crippen LogP contribution in [0.15, 0.2) is 0 Å². The molecule has 6 heavy (non-hydrogen) atoms. The Labute approximate surface area is 39.6 Å². The van der Waals surface area contributed by atoms with Crippen molar-refractivity contribution in [3.63, 3.8) is 0 Å². The normalized spacial score (nSPS) is 29.0. The Kier molecular flexibility index (Phi) is 0.776. The lowest BCUT2D eigenvalue weighted by Gasteiger charge is -2.30. The Balaban J connectivity index is 2.31. The second kappa shape index (κ2) is 1.07. The highest BCUT2D eigenvalue weighted by atomic mass is 28.3. The van der Waals surface area contributed by atoms with Crippen molar-refractivity contribution < 1.29 is 0 Å². The standard InChI is InChI=1S/C4H11NSi/c1-6(5)3-2-4-6/h2-5H2,1H3. The summed E-state index contributed by atoms with van der Waals surface area (Å²) < 4.78 is 0. The lowest BCUT2D eigenvalue weighted by Crippen LogP contribution is -2.47. The molecule has 1 aliphatic rings. The van der Waals surface area contributed by atoms with Crippen LogP contribution in [0.1, 0.15) is 6.42 Å². The Morgan fingerprint density at radius 1 is 1.50 bits per heavy atom. The van der Waals surface area contributed by atoms with E-state index >= 15 is 0 Å². The van der Waals surface area contributed by atoms with Gasteiger partial charge in [-0.15, -0.1) is 0 Å². The Hall–Kier alpha value is 0.177. The maximum atomic E-state index is 5.76. The monoisotopic (exact) mass is 101 g/mol. The van der Waals surface area contributed by atoms with E-state index in [9.17, 15) is 0 Å². The molecule has 0 aromatic rings. The lowest BCUT2D eigenvalue weighted by molar-refractivity contribution is 0.893. The van der Waals surface area contributed by atoms with E-state index in [1.807, 2.05) is 0 Å². The summed E-state index contributed by atoms with van der Waals surface area (Å²) >= 11 is 0. The fourth-order valence-corrected chi connectivity index (χ4v) is 2.20. The van der Waals surface area contributed by atoms with Gasteiger partial charge in [0.1, 0.15) is 8.24 Å². The first-order valence-electron chi connectivity index (χ1n) is 2.50. The summed E-state index contributed by atoms with van der Waals surface area (Å²) in [5.74, 6) is 0. The van der Waals surface area contributed by atoms with Gasteiger partial charge in [-0.1, -0.05) is 13.0 Å². The zero-order valence-corrected chi connectivity index (χ0v) is 5.20. The molecule has 0 bridgehead atoms. The molecule has 0 aliphatic carbocycles. The van der Waals surface area contributed by atoms with Gasteiger partial charge >= 0.3 is 0 Å². The first kappa shape index (κ1) is 4.34. The van der Waals surface area contributed by atoms with Crippen LogP contribution in [0.4, 0.5) is 0 Å². The van der Waals surface area contributed by atoms with Crippen LogP contribution >= 0.6 is 0 Å². The predicted octanol–water partition coefficient (Wildman–Crippen LogP) is 0.924. The van der Waals surface area contributed by atoms with Crippen LogP contribution in [-0.2, 0) is 0 Å². The van der Waals surface area contributed by atoms with Crippen molar-refractivity contribution in [2.24, 2.45) is 5.40 Å². The van der Waals surface area contributed by atoms with Gasteiger partial charge in [0.25, 0.3) is 0 Å². The third-order valence-electron chi connectivity index (χ3n) is 1.50. The van der Waals surface area contributed by atoms with Crippen LogP contribution in [0.5, 0.6) is 0 Å². The minimum Gasteiger partial charge on any atom is -0.351 e. The summed E-state index contributed by atoms with van der Waals surface area (Å²) in [6, 6.07) is 2.74. The second-order valence-electron chi connectivity index (χ2n) is 2.51. The Morgan fingerprint density at radius 3 is 1.83 bits per heavy atom. The highest BCUT2D eigenvalue weighted by Gasteiger charge is 2.29. The summed E-state index contributed by atoms with van der Waals surface area (Å²) in [5.41, 5.74) is 0. The van der Waals surface area contributed by atoms with Crippen molar-refractivity contribution >= 4 is 8.24 Å². The van der Waals surface area contributed by atoms with Gasteiger partial charge in [0.05, 0.1) is 0 Å². The van der Waals surface area contributed by atoms with Gasteiger partial charge in [0.15, 0.2) is 0 Å². The van der Waals surface area contributed by atoms with Crippen LogP contribution < -0.4 is 5.40 Å². The van der Waals surface area contributed by atoms with Gasteiger partial charge in [-0.05, 0) is 12.1 Å². The minimum atomic E-state index is -0.951. The molecule has 0 aromatic carbocycles. The van der Waals surface area contributed by atoms with E-state index in [1.165, 1.54) is 18.5 Å². The maximum absolute atomic E-state index is 5.76. The first-order chi connectivity index (χ1) is 2.71. The number of nitrogens with two attached hydrogens (primary N) is 1. The fourth-order valence-electron chi connectivity index (χ4n) is 0.734. The largest absolute Gasteiger partial charge is 0.351 e. The zero-order chi connectivity index (χ0) is 4.62. The van der Waals surface area contributed by atoms with Crippen LogP contribution in [0.2, 0.25) is 18.6 Å². The molecule has 1 fully saturated rings. The molecule has 1 heterocycles. The van der Waals surface area contributed by atoms with Crippen molar-refractivity contribution in [1.29, 1.82) is 0 Å². The van der Waals surface area contributed by atoms with E-state index in [0.717, 1.165) is 0 Å². The zero-order valence-electron chi connectivity index (χ0n) is 4.20. The van der Waals surface area contributed by atoms with Gasteiger partial charge in [-0.2, -0.15) is 0 Å². The summed E-state index contributed by atoms with van der Waals surface area (Å²) in [6.07, 6.45) is 1.40. The number of hydrogen-bond acceptors (Lipinski definition) is 1. The summed E-state index contributed by atoms with van der Waals surface area (Å²) in [4.78, 5) is 0. The number of rotatable bonds is 0. The first-order valence-corrected chi connectivity index (χ1v) is 5.49. The second-order valence-corrected chi connectivity index (χ2v) is 6.82. The molecule has 1 rings (SSSR count). The molecule has 0 unspecified atom stereocenters. The van der Waals surface area contributed by atoms with Crippen molar-refractivity contribution in [2.45, 2.75) is 25.1 Å². The van der Waals surface area contributed by atoms with Crippen molar-refractivity contribution in [2.75, 3.05) is 0 Å². The van der Waals surface area contributed by atoms with E-state index in [1.54, 1.807) is 0 Å². The quantitative estimate of drug-likeness (QED) is 0.451. The van der Waals surface area contributed by atoms with Crippen molar-refractivity contribution in [3.8, 4) is 0 Å². The molecular weight excluding hydrogens is 90.1 g/mol. The minimum absolute atomic E-state index is 0.951. The summed E-state index contributed by atoms with van der Waals surface area (Å²) in [5, 5.41) is 5.76. The Bertz CT molecular complexity index is 54.6. The van der Waals surface area contributed by atoms with Gasteiger partial charge in [0, 0.05) is 0 Å². The van der Waals surface area contributed by atoms with Crippen LogP contribution in [0.3, 0.4) is 0 Å². The molecule has 0 saturated carbocycles. The Morgan fingerprint density at radius 2 is 1.83 bits per heavy atom. The van der Waals surface area contributed by atoms with E-state index in [2.05, 4.69) is 6.55 Å². The van der Waals surface area contributed by atoms with Gasteiger partial charge < -0.3 is 5.40 Å². The third kappa shape index (κ3) is 0.630. The van der Waals surface area contributed by atoms with E-state index in [4.69, 9.17) is 5.40 Å². The summed E-state index contributed by atoms with van der Waals surface area (Å²) in [6.45, 7) is 2.25. The van der Waals surface area contributed by atoms with Crippen LogP contribution in [-0.4, -0.2) is 8.24 Å². The van der Waals surface area contributed by atoms with E-state index in [0.29, 0.717) is 0 Å². The topological polar surface area (TPSA) is 26.0 Å². The lowest BCUT2D eigenvalue weighted by atomic mass is 10.5. The molecule has 0 atom stereocenters. The average Bonchev–Trinajstić information content (AvgIpc) is 1.32. The van der Waals surface area contributed by atoms with Gasteiger partial charge in [-0.3, -0.25) is 0 Å². The third-order valence-corrected chi connectivity index (χ3v) is 4.49. The molecule has 36 valence electrons. The molecule has 1 saturated heterocycles. The van der Waals surface area contributed by atoms with Crippen LogP contribution in [0, 0.1) is 0 Å². The summed E-state index contributed by atoms with van der Waals surface area (Å²) in [7, 11) is -0.951. The number of hydrogen-bond donors (Lipinski definition) is 1.